The van der Waals surface area contributed by atoms with E-state index in [0.717, 1.165) is 5.06 Å². The molecule has 0 saturated heterocycles. The van der Waals surface area contributed by atoms with Crippen molar-refractivity contribution in [2.75, 3.05) is 16.5 Å². The van der Waals surface area contributed by atoms with Gasteiger partial charge >= 0.3 is 0 Å². The predicted octanol–water partition coefficient (Wildman–Crippen LogP) is 2.49. The molecule has 0 heterocycles. The highest BCUT2D eigenvalue weighted by molar-refractivity contribution is 5.81. The Balaban J connectivity index is 2.44. The zero-order valence-electron chi connectivity index (χ0n) is 8.63. The monoisotopic (exact) mass is 214 g/mol. The Bertz CT molecular complexity index is 454. The second-order valence-electron chi connectivity index (χ2n) is 3.41. The Labute approximate surface area is 93.7 Å². The average Bonchev–Trinajstić information content (AvgIpc) is 2.29. The molecule has 4 N–H and O–H groups in total. The SMILES string of the molecule is Nc1ccccc1N([O-])c1ccccc1N. The number of nitrogen functional groups attached to an aromatic ring is 2. The lowest BCUT2D eigenvalue weighted by atomic mass is 10.2. The van der Waals surface area contributed by atoms with Gasteiger partial charge in [-0.25, -0.2) is 0 Å². The van der Waals surface area contributed by atoms with Gasteiger partial charge in [-0.05, 0) is 24.3 Å². The first-order valence-electron chi connectivity index (χ1n) is 4.86. The lowest BCUT2D eigenvalue weighted by Gasteiger charge is -2.32. The van der Waals surface area contributed by atoms with Gasteiger partial charge in [0.05, 0.1) is 22.7 Å². The van der Waals surface area contributed by atoms with Gasteiger partial charge in [-0.1, -0.05) is 24.3 Å². The van der Waals surface area contributed by atoms with Crippen molar-refractivity contribution < 1.29 is 0 Å². The lowest BCUT2D eigenvalue weighted by molar-refractivity contribution is 1.30. The van der Waals surface area contributed by atoms with Crippen LogP contribution in [0.1, 0.15) is 0 Å². The Hall–Kier alpha value is -2.20. The van der Waals surface area contributed by atoms with E-state index in [1.54, 1.807) is 48.5 Å². The van der Waals surface area contributed by atoms with Gasteiger partial charge in [-0.2, -0.15) is 0 Å². The third-order valence-corrected chi connectivity index (χ3v) is 2.31. The van der Waals surface area contributed by atoms with Crippen LogP contribution in [0.3, 0.4) is 0 Å². The van der Waals surface area contributed by atoms with Crippen molar-refractivity contribution in [1.29, 1.82) is 0 Å². The molecule has 0 fully saturated rings. The number of rotatable bonds is 2. The minimum absolute atomic E-state index is 0.403. The Morgan fingerprint density at radius 3 is 1.50 bits per heavy atom. The second kappa shape index (κ2) is 4.12. The van der Waals surface area contributed by atoms with Crippen molar-refractivity contribution in [2.45, 2.75) is 0 Å². The maximum absolute atomic E-state index is 12.0. The minimum Gasteiger partial charge on any atom is -0.754 e. The topological polar surface area (TPSA) is 78.3 Å². The van der Waals surface area contributed by atoms with E-state index < -0.39 is 0 Å². The van der Waals surface area contributed by atoms with Gasteiger partial charge in [-0.3, -0.25) is 0 Å². The summed E-state index contributed by atoms with van der Waals surface area (Å²) in [4.78, 5) is 0. The molecule has 0 radical (unpaired) electrons. The van der Waals surface area contributed by atoms with Crippen molar-refractivity contribution in [1.82, 2.24) is 0 Å². The molecule has 0 atom stereocenters. The summed E-state index contributed by atoms with van der Waals surface area (Å²) in [5.74, 6) is 0. The van der Waals surface area contributed by atoms with Crippen LogP contribution in [0, 0.1) is 5.21 Å². The molecule has 0 spiro atoms. The summed E-state index contributed by atoms with van der Waals surface area (Å²) in [5, 5.41) is 12.8. The van der Waals surface area contributed by atoms with E-state index in [0.29, 0.717) is 22.7 Å². The van der Waals surface area contributed by atoms with E-state index in [9.17, 15) is 5.21 Å². The summed E-state index contributed by atoms with van der Waals surface area (Å²) >= 11 is 0. The third kappa shape index (κ3) is 1.78. The molecular formula is C12H12N3O-. The first-order chi connectivity index (χ1) is 7.70. The fourth-order valence-electron chi connectivity index (χ4n) is 1.47. The van der Waals surface area contributed by atoms with Crippen molar-refractivity contribution in [3.05, 3.63) is 53.7 Å². The van der Waals surface area contributed by atoms with Crippen LogP contribution in [0.4, 0.5) is 22.7 Å². The Morgan fingerprint density at radius 1 is 0.750 bits per heavy atom. The van der Waals surface area contributed by atoms with Crippen LogP contribution in [-0.4, -0.2) is 0 Å². The van der Waals surface area contributed by atoms with Gasteiger partial charge in [0, 0.05) is 0 Å². The molecule has 0 amide bonds. The van der Waals surface area contributed by atoms with Gasteiger partial charge in [0.2, 0.25) is 0 Å². The standard InChI is InChI=1S/C12H12N3O/c13-9-5-1-3-7-11(9)15(16)12-8-4-2-6-10(12)14/h1-8H,13-14H2/q-1. The number of benzene rings is 2. The molecule has 0 saturated carbocycles. The third-order valence-electron chi connectivity index (χ3n) is 2.31. The van der Waals surface area contributed by atoms with Crippen LogP contribution in [0.2, 0.25) is 0 Å². The summed E-state index contributed by atoms with van der Waals surface area (Å²) in [5.41, 5.74) is 13.1. The van der Waals surface area contributed by atoms with Crippen molar-refractivity contribution in [3.8, 4) is 0 Å². The smallest absolute Gasteiger partial charge is 0.0547 e. The molecule has 4 nitrogen and oxygen atoms in total. The van der Waals surface area contributed by atoms with E-state index in [2.05, 4.69) is 0 Å². The lowest BCUT2D eigenvalue weighted by Crippen LogP contribution is -2.10. The average molecular weight is 214 g/mol. The summed E-state index contributed by atoms with van der Waals surface area (Å²) in [7, 11) is 0. The first-order valence-corrected chi connectivity index (χ1v) is 4.86. The largest absolute Gasteiger partial charge is 0.754 e. The molecule has 82 valence electrons. The highest BCUT2D eigenvalue weighted by Crippen LogP contribution is 2.32. The first kappa shape index (κ1) is 10.3. The van der Waals surface area contributed by atoms with Crippen LogP contribution in [0.15, 0.2) is 48.5 Å². The molecule has 2 aromatic rings. The number of hydrogen-bond acceptors (Lipinski definition) is 4. The normalized spacial score (nSPS) is 10.1. The molecule has 2 rings (SSSR count). The summed E-state index contributed by atoms with van der Waals surface area (Å²) in [6.45, 7) is 0. The maximum atomic E-state index is 12.0. The van der Waals surface area contributed by atoms with Gasteiger partial charge in [-0.15, -0.1) is 0 Å². The second-order valence-corrected chi connectivity index (χ2v) is 3.41. The highest BCUT2D eigenvalue weighted by Gasteiger charge is 2.04. The van der Waals surface area contributed by atoms with Crippen molar-refractivity contribution in [3.63, 3.8) is 0 Å². The summed E-state index contributed by atoms with van der Waals surface area (Å²) in [6, 6.07) is 13.8. The van der Waals surface area contributed by atoms with Crippen LogP contribution < -0.4 is 16.5 Å². The van der Waals surface area contributed by atoms with E-state index in [1.165, 1.54) is 0 Å². The van der Waals surface area contributed by atoms with Crippen molar-refractivity contribution >= 4 is 22.7 Å². The molecule has 4 heteroatoms. The molecular weight excluding hydrogens is 202 g/mol. The minimum atomic E-state index is 0.403. The predicted molar refractivity (Wildman–Crippen MR) is 67.2 cm³/mol. The van der Waals surface area contributed by atoms with Crippen LogP contribution >= 0.6 is 0 Å². The number of nitrogens with zero attached hydrogens (tertiary/aromatic N) is 1. The van der Waals surface area contributed by atoms with E-state index in [4.69, 9.17) is 11.5 Å². The number of hydrogen-bond donors (Lipinski definition) is 2. The summed E-state index contributed by atoms with van der Waals surface area (Å²) < 4.78 is 0. The fraction of sp³-hybridized carbons (Fsp3) is 0. The molecule has 0 unspecified atom stereocenters. The van der Waals surface area contributed by atoms with Crippen LogP contribution in [0.5, 0.6) is 0 Å². The van der Waals surface area contributed by atoms with Crippen LogP contribution in [-0.2, 0) is 0 Å². The molecule has 2 aromatic carbocycles. The maximum Gasteiger partial charge on any atom is 0.0547 e. The van der Waals surface area contributed by atoms with Gasteiger partial charge in [0.1, 0.15) is 0 Å². The Morgan fingerprint density at radius 2 is 1.12 bits per heavy atom. The molecule has 0 aliphatic carbocycles. The van der Waals surface area contributed by atoms with E-state index in [1.807, 2.05) is 0 Å². The van der Waals surface area contributed by atoms with Crippen LogP contribution in [0.25, 0.3) is 0 Å². The zero-order valence-corrected chi connectivity index (χ0v) is 8.63. The quantitative estimate of drug-likeness (QED) is 0.594. The summed E-state index contributed by atoms with van der Waals surface area (Å²) in [6.07, 6.45) is 0. The number of para-hydroxylation sites is 4. The number of anilines is 4. The molecule has 16 heavy (non-hydrogen) atoms. The fourth-order valence-corrected chi connectivity index (χ4v) is 1.47. The highest BCUT2D eigenvalue weighted by atomic mass is 16.5. The zero-order chi connectivity index (χ0) is 11.5. The molecule has 0 aromatic heterocycles. The van der Waals surface area contributed by atoms with Crippen molar-refractivity contribution in [2.24, 2.45) is 0 Å². The van der Waals surface area contributed by atoms with E-state index >= 15 is 0 Å². The van der Waals surface area contributed by atoms with Gasteiger partial charge in [0.15, 0.2) is 0 Å². The van der Waals surface area contributed by atoms with Gasteiger partial charge < -0.3 is 21.7 Å². The molecule has 0 bridgehead atoms. The number of nitrogens with two attached hydrogens (primary N) is 2. The molecule has 0 aliphatic rings. The van der Waals surface area contributed by atoms with E-state index in [-0.39, 0.29) is 0 Å². The molecule has 0 aliphatic heterocycles. The van der Waals surface area contributed by atoms with Gasteiger partial charge in [0.25, 0.3) is 0 Å². The Kier molecular flexibility index (Phi) is 2.66.